The van der Waals surface area contributed by atoms with Gasteiger partial charge in [0, 0.05) is 32.3 Å². The Kier molecular flexibility index (Phi) is 4.43. The Bertz CT molecular complexity index is 339. The molecule has 1 aliphatic carbocycles. The van der Waals surface area contributed by atoms with Crippen LogP contribution in [0.3, 0.4) is 0 Å². The van der Waals surface area contributed by atoms with Gasteiger partial charge in [0.1, 0.15) is 6.10 Å². The number of Topliss-reactive ketones (excluding diaryl/α,β-unsaturated/α-hetero) is 1. The first-order valence-corrected chi connectivity index (χ1v) is 8.11. The van der Waals surface area contributed by atoms with E-state index in [-0.39, 0.29) is 17.6 Å². The molecule has 2 heterocycles. The van der Waals surface area contributed by atoms with Crippen molar-refractivity contribution in [2.75, 3.05) is 26.4 Å². The summed E-state index contributed by atoms with van der Waals surface area (Å²) >= 11 is 0. The molecule has 3 fully saturated rings. The Labute approximate surface area is 121 Å². The Morgan fingerprint density at radius 1 is 1.25 bits per heavy atom. The molecule has 20 heavy (non-hydrogen) atoms. The van der Waals surface area contributed by atoms with Gasteiger partial charge < -0.3 is 14.2 Å². The average molecular weight is 282 g/mol. The summed E-state index contributed by atoms with van der Waals surface area (Å²) in [7, 11) is 0. The third kappa shape index (κ3) is 3.07. The van der Waals surface area contributed by atoms with Gasteiger partial charge in [-0.3, -0.25) is 4.79 Å². The van der Waals surface area contributed by atoms with Crippen molar-refractivity contribution in [3.8, 4) is 0 Å². The van der Waals surface area contributed by atoms with E-state index in [4.69, 9.17) is 14.2 Å². The van der Waals surface area contributed by atoms with Crippen molar-refractivity contribution >= 4 is 5.78 Å². The zero-order valence-corrected chi connectivity index (χ0v) is 12.4. The lowest BCUT2D eigenvalue weighted by Gasteiger charge is -2.43. The highest BCUT2D eigenvalue weighted by atomic mass is 16.5. The molecule has 4 nitrogen and oxygen atoms in total. The standard InChI is InChI=1S/C16H26O4/c1-2-19-15(12-3-4-12)14(17)13-5-8-20-16(11-13)6-9-18-10-7-16/h12-13,15H,2-11H2,1H3. The molecule has 0 radical (unpaired) electrons. The number of ether oxygens (including phenoxy) is 3. The molecule has 1 saturated carbocycles. The van der Waals surface area contributed by atoms with Crippen LogP contribution in [0.15, 0.2) is 0 Å². The van der Waals surface area contributed by atoms with E-state index in [0.717, 1.165) is 51.7 Å². The maximum Gasteiger partial charge on any atom is 0.165 e. The third-order valence-electron chi connectivity index (χ3n) is 4.98. The second kappa shape index (κ2) is 6.12. The van der Waals surface area contributed by atoms with Gasteiger partial charge in [0.2, 0.25) is 0 Å². The van der Waals surface area contributed by atoms with Crippen LogP contribution in [0.2, 0.25) is 0 Å². The van der Waals surface area contributed by atoms with Crippen molar-refractivity contribution in [3.05, 3.63) is 0 Å². The molecule has 3 rings (SSSR count). The summed E-state index contributed by atoms with van der Waals surface area (Å²) in [5.41, 5.74) is -0.100. The van der Waals surface area contributed by atoms with Gasteiger partial charge in [0.05, 0.1) is 5.60 Å². The van der Waals surface area contributed by atoms with Gasteiger partial charge in [-0.05, 0) is 51.4 Å². The van der Waals surface area contributed by atoms with E-state index in [1.165, 1.54) is 0 Å². The highest BCUT2D eigenvalue weighted by Gasteiger charge is 2.45. The van der Waals surface area contributed by atoms with Crippen molar-refractivity contribution in [1.29, 1.82) is 0 Å². The van der Waals surface area contributed by atoms with Crippen LogP contribution in [0.25, 0.3) is 0 Å². The van der Waals surface area contributed by atoms with Crippen LogP contribution in [0.4, 0.5) is 0 Å². The highest BCUT2D eigenvalue weighted by Crippen LogP contribution is 2.41. The van der Waals surface area contributed by atoms with E-state index in [2.05, 4.69) is 0 Å². The second-order valence-corrected chi connectivity index (χ2v) is 6.45. The van der Waals surface area contributed by atoms with Crippen LogP contribution >= 0.6 is 0 Å². The Morgan fingerprint density at radius 2 is 2.00 bits per heavy atom. The van der Waals surface area contributed by atoms with Gasteiger partial charge in [-0.25, -0.2) is 0 Å². The Balaban J connectivity index is 1.64. The molecule has 0 N–H and O–H groups in total. The molecule has 1 spiro atoms. The van der Waals surface area contributed by atoms with Gasteiger partial charge in [0.25, 0.3) is 0 Å². The van der Waals surface area contributed by atoms with Gasteiger partial charge in [-0.2, -0.15) is 0 Å². The summed E-state index contributed by atoms with van der Waals surface area (Å²) in [6, 6.07) is 0. The summed E-state index contributed by atoms with van der Waals surface area (Å²) in [5.74, 6) is 0.943. The SMILES string of the molecule is CCOC(C(=O)C1CCOC2(CCOCC2)C1)C1CC1. The molecule has 2 atom stereocenters. The van der Waals surface area contributed by atoms with Crippen molar-refractivity contribution in [3.63, 3.8) is 0 Å². The average Bonchev–Trinajstić information content (AvgIpc) is 3.29. The predicted octanol–water partition coefficient (Wildman–Crippen LogP) is 2.35. The molecular formula is C16H26O4. The van der Waals surface area contributed by atoms with Crippen LogP contribution in [0, 0.1) is 11.8 Å². The molecule has 0 aromatic heterocycles. The highest BCUT2D eigenvalue weighted by molar-refractivity contribution is 5.86. The van der Waals surface area contributed by atoms with Crippen molar-refractivity contribution < 1.29 is 19.0 Å². The summed E-state index contributed by atoms with van der Waals surface area (Å²) in [5, 5.41) is 0. The summed E-state index contributed by atoms with van der Waals surface area (Å²) in [6.07, 6.45) is 5.74. The normalized spacial score (nSPS) is 31.1. The summed E-state index contributed by atoms with van der Waals surface area (Å²) < 4.78 is 17.2. The zero-order valence-electron chi connectivity index (χ0n) is 12.4. The summed E-state index contributed by atoms with van der Waals surface area (Å²) in [6.45, 7) is 4.85. The van der Waals surface area contributed by atoms with Gasteiger partial charge in [-0.15, -0.1) is 0 Å². The number of ketones is 1. The van der Waals surface area contributed by atoms with Crippen LogP contribution in [0.1, 0.15) is 45.4 Å². The molecule has 2 saturated heterocycles. The molecule has 3 aliphatic rings. The monoisotopic (exact) mass is 282 g/mol. The fourth-order valence-electron chi connectivity index (χ4n) is 3.62. The first-order valence-electron chi connectivity index (χ1n) is 8.11. The molecule has 0 bridgehead atoms. The largest absolute Gasteiger partial charge is 0.381 e. The van der Waals surface area contributed by atoms with E-state index >= 15 is 0 Å². The van der Waals surface area contributed by atoms with Crippen LogP contribution < -0.4 is 0 Å². The smallest absolute Gasteiger partial charge is 0.165 e. The molecule has 0 amide bonds. The maximum absolute atomic E-state index is 12.8. The quantitative estimate of drug-likeness (QED) is 0.776. The van der Waals surface area contributed by atoms with Gasteiger partial charge in [-0.1, -0.05) is 0 Å². The molecule has 4 heteroatoms. The van der Waals surface area contributed by atoms with Crippen molar-refractivity contribution in [1.82, 2.24) is 0 Å². The Hall–Kier alpha value is -0.450. The third-order valence-corrected chi connectivity index (χ3v) is 4.98. The van der Waals surface area contributed by atoms with Crippen LogP contribution in [0.5, 0.6) is 0 Å². The topological polar surface area (TPSA) is 44.8 Å². The van der Waals surface area contributed by atoms with E-state index in [9.17, 15) is 4.79 Å². The first-order chi connectivity index (χ1) is 9.74. The van der Waals surface area contributed by atoms with E-state index < -0.39 is 0 Å². The number of hydrogen-bond donors (Lipinski definition) is 0. The maximum atomic E-state index is 12.8. The van der Waals surface area contributed by atoms with Crippen LogP contribution in [-0.2, 0) is 19.0 Å². The molecular weight excluding hydrogens is 256 g/mol. The minimum atomic E-state index is -0.153. The lowest BCUT2D eigenvalue weighted by Crippen LogP contribution is -2.47. The minimum absolute atomic E-state index is 0.100. The zero-order chi connectivity index (χ0) is 14.0. The van der Waals surface area contributed by atoms with Gasteiger partial charge in [0.15, 0.2) is 5.78 Å². The predicted molar refractivity (Wildman–Crippen MR) is 74.6 cm³/mol. The first kappa shape index (κ1) is 14.5. The lowest BCUT2D eigenvalue weighted by atomic mass is 9.77. The van der Waals surface area contributed by atoms with E-state index in [1.807, 2.05) is 6.92 Å². The molecule has 0 aromatic rings. The molecule has 2 unspecified atom stereocenters. The number of hydrogen-bond acceptors (Lipinski definition) is 4. The van der Waals surface area contributed by atoms with E-state index in [0.29, 0.717) is 24.9 Å². The van der Waals surface area contributed by atoms with E-state index in [1.54, 1.807) is 0 Å². The Morgan fingerprint density at radius 3 is 2.65 bits per heavy atom. The minimum Gasteiger partial charge on any atom is -0.381 e. The number of rotatable bonds is 5. The van der Waals surface area contributed by atoms with Crippen molar-refractivity contribution in [2.24, 2.45) is 11.8 Å². The van der Waals surface area contributed by atoms with Crippen molar-refractivity contribution in [2.45, 2.75) is 57.2 Å². The molecule has 2 aliphatic heterocycles. The fourth-order valence-corrected chi connectivity index (χ4v) is 3.62. The second-order valence-electron chi connectivity index (χ2n) is 6.45. The van der Waals surface area contributed by atoms with Gasteiger partial charge >= 0.3 is 0 Å². The number of carbonyl (C=O) groups excluding carboxylic acids is 1. The summed E-state index contributed by atoms with van der Waals surface area (Å²) in [4.78, 5) is 12.8. The molecule has 0 aromatic carbocycles. The molecule has 114 valence electrons. The fraction of sp³-hybridized carbons (Fsp3) is 0.938. The number of carbonyl (C=O) groups is 1. The lowest BCUT2D eigenvalue weighted by molar-refractivity contribution is -0.163. The van der Waals surface area contributed by atoms with Crippen LogP contribution in [-0.4, -0.2) is 43.9 Å².